The first-order valence-electron chi connectivity index (χ1n) is 8.27. The van der Waals surface area contributed by atoms with Gasteiger partial charge >= 0.3 is 5.97 Å². The van der Waals surface area contributed by atoms with Crippen molar-refractivity contribution in [2.45, 2.75) is 32.8 Å². The van der Waals surface area contributed by atoms with E-state index in [1.807, 2.05) is 43.3 Å². The largest absolute Gasteiger partial charge is 0.461 e. The first kappa shape index (κ1) is 16.4. The molecule has 1 heterocycles. The van der Waals surface area contributed by atoms with Crippen molar-refractivity contribution in [3.05, 3.63) is 47.5 Å². The van der Waals surface area contributed by atoms with Crippen LogP contribution >= 0.6 is 0 Å². The van der Waals surface area contributed by atoms with E-state index in [9.17, 15) is 14.4 Å². The van der Waals surface area contributed by atoms with Gasteiger partial charge in [-0.2, -0.15) is 0 Å². The normalized spacial score (nSPS) is 22.6. The Morgan fingerprint density at radius 3 is 2.25 bits per heavy atom. The van der Waals surface area contributed by atoms with Crippen molar-refractivity contribution < 1.29 is 19.1 Å². The zero-order chi connectivity index (χ0) is 17.1. The molecule has 1 aromatic rings. The number of carbonyl (C=O) groups is 3. The molecule has 0 radical (unpaired) electrons. The molecule has 2 atom stereocenters. The van der Waals surface area contributed by atoms with Crippen molar-refractivity contribution >= 4 is 17.8 Å². The SMILES string of the molecule is Cc1ccc(COC(=O)CCN2C(=O)C3CC=CCC3C2=O)cc1. The summed E-state index contributed by atoms with van der Waals surface area (Å²) < 4.78 is 5.22. The third-order valence-corrected chi connectivity index (χ3v) is 4.66. The second-order valence-electron chi connectivity index (χ2n) is 6.38. The number of esters is 1. The average Bonchev–Trinajstić information content (AvgIpc) is 2.84. The van der Waals surface area contributed by atoms with E-state index in [4.69, 9.17) is 4.74 Å². The highest BCUT2D eigenvalue weighted by molar-refractivity contribution is 6.05. The van der Waals surface area contributed by atoms with Crippen LogP contribution in [-0.4, -0.2) is 29.2 Å². The minimum Gasteiger partial charge on any atom is -0.461 e. The summed E-state index contributed by atoms with van der Waals surface area (Å²) in [4.78, 5) is 37.7. The monoisotopic (exact) mass is 327 g/mol. The number of fused-ring (bicyclic) bond motifs is 1. The van der Waals surface area contributed by atoms with Crippen molar-refractivity contribution in [1.82, 2.24) is 4.90 Å². The van der Waals surface area contributed by atoms with E-state index in [1.54, 1.807) is 0 Å². The number of hydrogen-bond donors (Lipinski definition) is 0. The average molecular weight is 327 g/mol. The summed E-state index contributed by atoms with van der Waals surface area (Å²) in [5.74, 6) is -1.19. The van der Waals surface area contributed by atoms with E-state index in [1.165, 1.54) is 4.90 Å². The van der Waals surface area contributed by atoms with Crippen LogP contribution in [0.2, 0.25) is 0 Å². The van der Waals surface area contributed by atoms with Crippen LogP contribution in [0, 0.1) is 18.8 Å². The topological polar surface area (TPSA) is 63.7 Å². The van der Waals surface area contributed by atoms with Crippen molar-refractivity contribution in [1.29, 1.82) is 0 Å². The van der Waals surface area contributed by atoms with Gasteiger partial charge in [0.2, 0.25) is 11.8 Å². The summed E-state index contributed by atoms with van der Waals surface area (Å²) >= 11 is 0. The molecule has 3 rings (SSSR count). The van der Waals surface area contributed by atoms with Gasteiger partial charge in [-0.05, 0) is 25.3 Å². The molecule has 5 nitrogen and oxygen atoms in total. The molecule has 0 saturated carbocycles. The molecule has 2 amide bonds. The number of amides is 2. The predicted molar refractivity (Wildman–Crippen MR) is 87.7 cm³/mol. The Kier molecular flexibility index (Phi) is 4.79. The zero-order valence-corrected chi connectivity index (χ0v) is 13.7. The molecule has 126 valence electrons. The number of benzene rings is 1. The van der Waals surface area contributed by atoms with E-state index in [2.05, 4.69) is 0 Å². The molecule has 24 heavy (non-hydrogen) atoms. The van der Waals surface area contributed by atoms with Gasteiger partial charge in [-0.15, -0.1) is 0 Å². The Morgan fingerprint density at radius 1 is 1.08 bits per heavy atom. The Hall–Kier alpha value is -2.43. The summed E-state index contributed by atoms with van der Waals surface area (Å²) in [7, 11) is 0. The van der Waals surface area contributed by atoms with Gasteiger partial charge in [-0.3, -0.25) is 19.3 Å². The van der Waals surface area contributed by atoms with Gasteiger partial charge in [0.1, 0.15) is 6.61 Å². The molecule has 1 aliphatic heterocycles. The number of carbonyl (C=O) groups excluding carboxylic acids is 3. The molecule has 5 heteroatoms. The number of rotatable bonds is 5. The van der Waals surface area contributed by atoms with Crippen molar-refractivity contribution in [2.24, 2.45) is 11.8 Å². The van der Waals surface area contributed by atoms with Gasteiger partial charge in [-0.1, -0.05) is 42.0 Å². The smallest absolute Gasteiger partial charge is 0.307 e. The van der Waals surface area contributed by atoms with E-state index in [0.29, 0.717) is 12.8 Å². The fourth-order valence-electron chi connectivity index (χ4n) is 3.21. The molecule has 1 fully saturated rings. The summed E-state index contributed by atoms with van der Waals surface area (Å²) in [5.41, 5.74) is 2.06. The van der Waals surface area contributed by atoms with Gasteiger partial charge in [0.15, 0.2) is 0 Å². The Balaban J connectivity index is 1.48. The fraction of sp³-hybridized carbons (Fsp3) is 0.421. The van der Waals surface area contributed by atoms with Crippen LogP contribution in [0.15, 0.2) is 36.4 Å². The van der Waals surface area contributed by atoms with Gasteiger partial charge in [0, 0.05) is 6.54 Å². The number of allylic oxidation sites excluding steroid dienone is 2. The third-order valence-electron chi connectivity index (χ3n) is 4.66. The van der Waals surface area contributed by atoms with Gasteiger partial charge in [0.05, 0.1) is 18.3 Å². The minimum atomic E-state index is -0.399. The minimum absolute atomic E-state index is 0.0379. The third kappa shape index (κ3) is 3.40. The highest BCUT2D eigenvalue weighted by Crippen LogP contribution is 2.34. The molecule has 2 unspecified atom stereocenters. The van der Waals surface area contributed by atoms with E-state index < -0.39 is 5.97 Å². The van der Waals surface area contributed by atoms with Gasteiger partial charge in [0.25, 0.3) is 0 Å². The van der Waals surface area contributed by atoms with Crippen molar-refractivity contribution in [2.75, 3.05) is 6.54 Å². The number of nitrogens with zero attached hydrogens (tertiary/aromatic N) is 1. The quantitative estimate of drug-likeness (QED) is 0.473. The molecule has 0 bridgehead atoms. The maximum atomic E-state index is 12.3. The summed E-state index contributed by atoms with van der Waals surface area (Å²) in [5, 5.41) is 0. The lowest BCUT2D eigenvalue weighted by Crippen LogP contribution is -2.33. The number of likely N-dealkylation sites (tertiary alicyclic amines) is 1. The second-order valence-corrected chi connectivity index (χ2v) is 6.38. The summed E-state index contributed by atoms with van der Waals surface area (Å²) in [6.07, 6.45) is 5.17. The molecule has 1 aromatic carbocycles. The zero-order valence-electron chi connectivity index (χ0n) is 13.7. The molecule has 1 saturated heterocycles. The molecule has 0 N–H and O–H groups in total. The van der Waals surface area contributed by atoms with E-state index in [0.717, 1.165) is 11.1 Å². The van der Waals surface area contributed by atoms with Crippen LogP contribution in [-0.2, 0) is 25.7 Å². The maximum absolute atomic E-state index is 12.3. The van der Waals surface area contributed by atoms with Crippen LogP contribution in [0.3, 0.4) is 0 Å². The molecule has 0 aromatic heterocycles. The lowest BCUT2D eigenvalue weighted by Gasteiger charge is -2.14. The lowest BCUT2D eigenvalue weighted by molar-refractivity contribution is -0.146. The van der Waals surface area contributed by atoms with Crippen molar-refractivity contribution in [3.63, 3.8) is 0 Å². The first-order valence-corrected chi connectivity index (χ1v) is 8.27. The second kappa shape index (κ2) is 6.99. The highest BCUT2D eigenvalue weighted by Gasteiger charge is 2.46. The Morgan fingerprint density at radius 2 is 1.67 bits per heavy atom. The molecule has 0 spiro atoms. The summed E-state index contributed by atoms with van der Waals surface area (Å²) in [6, 6.07) is 7.74. The van der Waals surface area contributed by atoms with Crippen LogP contribution < -0.4 is 0 Å². The highest BCUT2D eigenvalue weighted by atomic mass is 16.5. The number of ether oxygens (including phenoxy) is 1. The van der Waals surface area contributed by atoms with Crippen LogP contribution in [0.5, 0.6) is 0 Å². The first-order chi connectivity index (χ1) is 11.6. The predicted octanol–water partition coefficient (Wildman–Crippen LogP) is 2.38. The number of imide groups is 1. The Bertz CT molecular complexity index is 651. The van der Waals surface area contributed by atoms with Crippen LogP contribution in [0.25, 0.3) is 0 Å². The Labute approximate surface area is 141 Å². The maximum Gasteiger partial charge on any atom is 0.307 e. The summed E-state index contributed by atoms with van der Waals surface area (Å²) in [6.45, 7) is 2.31. The van der Waals surface area contributed by atoms with E-state index >= 15 is 0 Å². The van der Waals surface area contributed by atoms with Crippen LogP contribution in [0.1, 0.15) is 30.4 Å². The lowest BCUT2D eigenvalue weighted by atomic mass is 9.85. The van der Waals surface area contributed by atoms with E-state index in [-0.39, 0.29) is 43.2 Å². The fourth-order valence-corrected chi connectivity index (χ4v) is 3.21. The molecular weight excluding hydrogens is 306 g/mol. The number of aryl methyl sites for hydroxylation is 1. The molecular formula is C19H21NO4. The van der Waals surface area contributed by atoms with Gasteiger partial charge in [-0.25, -0.2) is 0 Å². The van der Waals surface area contributed by atoms with Crippen LogP contribution in [0.4, 0.5) is 0 Å². The number of hydrogen-bond acceptors (Lipinski definition) is 4. The molecule has 2 aliphatic rings. The van der Waals surface area contributed by atoms with Gasteiger partial charge < -0.3 is 4.74 Å². The standard InChI is InChI=1S/C19H21NO4/c1-13-6-8-14(9-7-13)12-24-17(21)10-11-20-18(22)15-4-2-3-5-16(15)19(20)23/h2-3,6-9,15-16H,4-5,10-12H2,1H3. The molecule has 1 aliphatic carbocycles. The van der Waals surface area contributed by atoms with Crippen molar-refractivity contribution in [3.8, 4) is 0 Å².